The topological polar surface area (TPSA) is 35.5 Å². The van der Waals surface area contributed by atoms with Gasteiger partial charge in [-0.05, 0) is 52.8 Å². The Kier molecular flexibility index (Phi) is 5.42. The first-order chi connectivity index (χ1) is 10.6. The van der Waals surface area contributed by atoms with Crippen LogP contribution in [0.2, 0.25) is 0 Å². The van der Waals surface area contributed by atoms with E-state index in [2.05, 4.69) is 44.2 Å². The van der Waals surface area contributed by atoms with Gasteiger partial charge in [-0.2, -0.15) is 0 Å². The van der Waals surface area contributed by atoms with Gasteiger partial charge in [0, 0.05) is 6.42 Å². The highest BCUT2D eigenvalue weighted by Crippen LogP contribution is 2.33. The lowest BCUT2D eigenvalue weighted by Gasteiger charge is -2.15. The number of fused-ring (bicyclic) bond motifs is 1. The predicted octanol–water partition coefficient (Wildman–Crippen LogP) is 4.47. The number of carbonyl (C=O) groups is 1. The zero-order valence-electron chi connectivity index (χ0n) is 13.8. The molecule has 0 aliphatic rings. The Balaban J connectivity index is 2.33. The number of hydrogen-bond donors (Lipinski definition) is 0. The SMILES string of the molecule is COC(=O)CCCc1cccc2cc(C(C)C)c(OC)cc12. The summed E-state index contributed by atoms with van der Waals surface area (Å²) < 4.78 is 10.3. The number of aryl methyl sites for hydroxylation is 1. The Hall–Kier alpha value is -2.03. The molecule has 0 aliphatic heterocycles. The third-order valence-electron chi connectivity index (χ3n) is 4.00. The summed E-state index contributed by atoms with van der Waals surface area (Å²) in [5.41, 5.74) is 2.47. The monoisotopic (exact) mass is 300 g/mol. The van der Waals surface area contributed by atoms with Crippen LogP contribution in [-0.2, 0) is 16.0 Å². The molecular weight excluding hydrogens is 276 g/mol. The number of methoxy groups -OCH3 is 2. The molecule has 0 saturated carbocycles. The highest BCUT2D eigenvalue weighted by Gasteiger charge is 2.11. The molecule has 3 heteroatoms. The van der Waals surface area contributed by atoms with Gasteiger partial charge in [0.2, 0.25) is 0 Å². The first-order valence-electron chi connectivity index (χ1n) is 7.73. The molecule has 0 N–H and O–H groups in total. The minimum absolute atomic E-state index is 0.153. The van der Waals surface area contributed by atoms with E-state index in [-0.39, 0.29) is 5.97 Å². The zero-order chi connectivity index (χ0) is 16.1. The van der Waals surface area contributed by atoms with Crippen LogP contribution in [0.5, 0.6) is 5.75 Å². The minimum Gasteiger partial charge on any atom is -0.496 e. The van der Waals surface area contributed by atoms with Crippen LogP contribution in [0, 0.1) is 0 Å². The molecule has 0 atom stereocenters. The predicted molar refractivity (Wildman–Crippen MR) is 89.5 cm³/mol. The van der Waals surface area contributed by atoms with Crippen molar-refractivity contribution in [2.45, 2.75) is 39.0 Å². The van der Waals surface area contributed by atoms with Crippen molar-refractivity contribution in [1.82, 2.24) is 0 Å². The average Bonchev–Trinajstić information content (AvgIpc) is 2.53. The lowest BCUT2D eigenvalue weighted by molar-refractivity contribution is -0.140. The summed E-state index contributed by atoms with van der Waals surface area (Å²) in [6.45, 7) is 4.34. The molecule has 0 bridgehead atoms. The molecule has 0 spiro atoms. The van der Waals surface area contributed by atoms with Gasteiger partial charge in [0.05, 0.1) is 14.2 Å². The number of hydrogen-bond acceptors (Lipinski definition) is 3. The van der Waals surface area contributed by atoms with E-state index in [9.17, 15) is 4.79 Å². The molecule has 2 rings (SSSR count). The fourth-order valence-corrected chi connectivity index (χ4v) is 2.76. The van der Waals surface area contributed by atoms with E-state index < -0.39 is 0 Å². The summed E-state index contributed by atoms with van der Waals surface area (Å²) in [6, 6.07) is 10.7. The van der Waals surface area contributed by atoms with Crippen molar-refractivity contribution in [3.63, 3.8) is 0 Å². The summed E-state index contributed by atoms with van der Waals surface area (Å²) in [6.07, 6.45) is 2.10. The molecule has 118 valence electrons. The molecule has 3 nitrogen and oxygen atoms in total. The van der Waals surface area contributed by atoms with E-state index >= 15 is 0 Å². The average molecular weight is 300 g/mol. The van der Waals surface area contributed by atoms with Crippen molar-refractivity contribution >= 4 is 16.7 Å². The highest BCUT2D eigenvalue weighted by atomic mass is 16.5. The van der Waals surface area contributed by atoms with Crippen molar-refractivity contribution in [3.05, 3.63) is 41.5 Å². The second-order valence-corrected chi connectivity index (χ2v) is 5.82. The van der Waals surface area contributed by atoms with Crippen molar-refractivity contribution in [2.24, 2.45) is 0 Å². The van der Waals surface area contributed by atoms with E-state index in [1.165, 1.54) is 29.0 Å². The van der Waals surface area contributed by atoms with Crippen LogP contribution in [0.15, 0.2) is 30.3 Å². The van der Waals surface area contributed by atoms with E-state index in [1.54, 1.807) is 7.11 Å². The summed E-state index contributed by atoms with van der Waals surface area (Å²) in [5.74, 6) is 1.20. The number of carbonyl (C=O) groups excluding carboxylic acids is 1. The molecule has 0 unspecified atom stereocenters. The van der Waals surface area contributed by atoms with E-state index in [0.717, 1.165) is 18.6 Å². The molecule has 0 radical (unpaired) electrons. The van der Waals surface area contributed by atoms with Gasteiger partial charge < -0.3 is 9.47 Å². The Morgan fingerprint density at radius 2 is 1.95 bits per heavy atom. The van der Waals surface area contributed by atoms with E-state index in [1.807, 2.05) is 0 Å². The summed E-state index contributed by atoms with van der Waals surface area (Å²) in [5, 5.41) is 2.42. The summed E-state index contributed by atoms with van der Waals surface area (Å²) >= 11 is 0. The van der Waals surface area contributed by atoms with Crippen LogP contribution in [0.25, 0.3) is 10.8 Å². The maximum atomic E-state index is 11.2. The Morgan fingerprint density at radius 3 is 2.59 bits per heavy atom. The fraction of sp³-hybridized carbons (Fsp3) is 0.421. The Bertz CT molecular complexity index is 659. The minimum atomic E-state index is -0.153. The molecule has 2 aromatic rings. The molecule has 0 fully saturated rings. The smallest absolute Gasteiger partial charge is 0.305 e. The maximum Gasteiger partial charge on any atom is 0.305 e. The van der Waals surface area contributed by atoms with Crippen LogP contribution in [0.4, 0.5) is 0 Å². The van der Waals surface area contributed by atoms with Gasteiger partial charge in [0.1, 0.15) is 5.75 Å². The van der Waals surface area contributed by atoms with E-state index in [4.69, 9.17) is 9.47 Å². The highest BCUT2D eigenvalue weighted by molar-refractivity contribution is 5.88. The third kappa shape index (κ3) is 3.59. The fourth-order valence-electron chi connectivity index (χ4n) is 2.76. The molecule has 0 heterocycles. The largest absolute Gasteiger partial charge is 0.496 e. The van der Waals surface area contributed by atoms with Gasteiger partial charge in [-0.3, -0.25) is 4.79 Å². The standard InChI is InChI=1S/C19H24O3/c1-13(2)16-11-15-9-5-7-14(8-6-10-19(20)22-4)17(15)12-18(16)21-3/h5,7,9,11-13H,6,8,10H2,1-4H3. The lowest BCUT2D eigenvalue weighted by Crippen LogP contribution is -2.01. The molecule has 0 amide bonds. The van der Waals surface area contributed by atoms with Crippen molar-refractivity contribution in [1.29, 1.82) is 0 Å². The van der Waals surface area contributed by atoms with Gasteiger partial charge in [-0.15, -0.1) is 0 Å². The Labute approximate surface area is 132 Å². The zero-order valence-corrected chi connectivity index (χ0v) is 13.8. The second-order valence-electron chi connectivity index (χ2n) is 5.82. The quantitative estimate of drug-likeness (QED) is 0.738. The van der Waals surface area contributed by atoms with E-state index in [0.29, 0.717) is 12.3 Å². The van der Waals surface area contributed by atoms with Crippen LogP contribution in [0.1, 0.15) is 43.7 Å². The van der Waals surface area contributed by atoms with Crippen molar-refractivity contribution in [3.8, 4) is 5.75 Å². The van der Waals surface area contributed by atoms with Gasteiger partial charge >= 0.3 is 5.97 Å². The molecule has 22 heavy (non-hydrogen) atoms. The van der Waals surface area contributed by atoms with Crippen molar-refractivity contribution < 1.29 is 14.3 Å². The number of benzene rings is 2. The second kappa shape index (κ2) is 7.30. The third-order valence-corrected chi connectivity index (χ3v) is 4.00. The molecular formula is C19H24O3. The van der Waals surface area contributed by atoms with Gasteiger partial charge in [-0.25, -0.2) is 0 Å². The van der Waals surface area contributed by atoms with Crippen LogP contribution in [-0.4, -0.2) is 20.2 Å². The number of ether oxygens (including phenoxy) is 2. The molecule has 2 aromatic carbocycles. The normalized spacial score (nSPS) is 11.0. The van der Waals surface area contributed by atoms with Crippen molar-refractivity contribution in [2.75, 3.05) is 14.2 Å². The first-order valence-corrected chi connectivity index (χ1v) is 7.73. The first kappa shape index (κ1) is 16.3. The summed E-state index contributed by atoms with van der Waals surface area (Å²) in [4.78, 5) is 11.2. The van der Waals surface area contributed by atoms with Gasteiger partial charge in [0.25, 0.3) is 0 Å². The lowest BCUT2D eigenvalue weighted by atomic mass is 9.94. The number of rotatable bonds is 6. The maximum absolute atomic E-state index is 11.2. The van der Waals surface area contributed by atoms with Gasteiger partial charge in [0.15, 0.2) is 0 Å². The summed E-state index contributed by atoms with van der Waals surface area (Å²) in [7, 11) is 3.14. The van der Waals surface area contributed by atoms with Crippen LogP contribution < -0.4 is 4.74 Å². The van der Waals surface area contributed by atoms with Gasteiger partial charge in [-0.1, -0.05) is 32.0 Å². The molecule has 0 aromatic heterocycles. The number of esters is 1. The Morgan fingerprint density at radius 1 is 1.18 bits per heavy atom. The van der Waals surface area contributed by atoms with Crippen LogP contribution in [0.3, 0.4) is 0 Å². The van der Waals surface area contributed by atoms with Crippen LogP contribution >= 0.6 is 0 Å². The molecule has 0 aliphatic carbocycles. The molecule has 0 saturated heterocycles.